The van der Waals surface area contributed by atoms with Gasteiger partial charge in [-0.05, 0) is 51.3 Å². The van der Waals surface area contributed by atoms with E-state index in [-0.39, 0.29) is 0 Å². The van der Waals surface area contributed by atoms with Crippen LogP contribution in [-0.2, 0) is 0 Å². The van der Waals surface area contributed by atoms with Gasteiger partial charge in [0.1, 0.15) is 0 Å². The Morgan fingerprint density at radius 3 is 2.79 bits per heavy atom. The van der Waals surface area contributed by atoms with Gasteiger partial charge in [-0.25, -0.2) is 0 Å². The van der Waals surface area contributed by atoms with E-state index in [0.717, 1.165) is 0 Å². The second-order valence-electron chi connectivity index (χ2n) is 5.69. The van der Waals surface area contributed by atoms with Crippen LogP contribution >= 0.6 is 15.9 Å². The first-order chi connectivity index (χ1) is 9.16. The van der Waals surface area contributed by atoms with Gasteiger partial charge in [0.15, 0.2) is 0 Å². The molecule has 19 heavy (non-hydrogen) atoms. The number of piperidine rings is 1. The molecule has 0 saturated carbocycles. The minimum absolute atomic E-state index is 0.383. The van der Waals surface area contributed by atoms with Crippen molar-refractivity contribution in [2.45, 2.75) is 57.7 Å². The SMILES string of the molecule is CC(CC1CCCCN1)N[C@H](C)c1ccccc1Br. The molecule has 3 atom stereocenters. The summed E-state index contributed by atoms with van der Waals surface area (Å²) in [5.74, 6) is 0. The van der Waals surface area contributed by atoms with Crippen molar-refractivity contribution >= 4 is 15.9 Å². The molecule has 1 aliphatic rings. The van der Waals surface area contributed by atoms with Gasteiger partial charge in [0, 0.05) is 22.6 Å². The summed E-state index contributed by atoms with van der Waals surface area (Å²) in [5, 5.41) is 7.34. The number of halogens is 1. The van der Waals surface area contributed by atoms with Gasteiger partial charge >= 0.3 is 0 Å². The standard InChI is InChI=1S/C16H25BrN2/c1-12(11-14-7-5-6-10-18-14)19-13(2)15-8-3-4-9-16(15)17/h3-4,8-9,12-14,18-19H,5-7,10-11H2,1-2H3/t12?,13-,14?/m1/s1. The fraction of sp³-hybridized carbons (Fsp3) is 0.625. The lowest BCUT2D eigenvalue weighted by atomic mass is 9.98. The summed E-state index contributed by atoms with van der Waals surface area (Å²) in [6, 6.07) is 10.1. The number of nitrogens with one attached hydrogen (secondary N) is 2. The maximum atomic E-state index is 3.71. The first-order valence-corrected chi connectivity index (χ1v) is 8.20. The first-order valence-electron chi connectivity index (χ1n) is 7.40. The van der Waals surface area contributed by atoms with Crippen LogP contribution in [-0.4, -0.2) is 18.6 Å². The minimum Gasteiger partial charge on any atom is -0.314 e. The Hall–Kier alpha value is -0.380. The molecule has 0 amide bonds. The van der Waals surface area contributed by atoms with Crippen LogP contribution in [0.1, 0.15) is 51.1 Å². The van der Waals surface area contributed by atoms with Crippen molar-refractivity contribution in [3.8, 4) is 0 Å². The van der Waals surface area contributed by atoms with E-state index in [1.54, 1.807) is 0 Å². The highest BCUT2D eigenvalue weighted by Gasteiger charge is 2.17. The van der Waals surface area contributed by atoms with Gasteiger partial charge in [-0.1, -0.05) is 40.5 Å². The van der Waals surface area contributed by atoms with E-state index in [4.69, 9.17) is 0 Å². The van der Waals surface area contributed by atoms with Crippen LogP contribution in [0.15, 0.2) is 28.7 Å². The Bertz CT molecular complexity index is 388. The highest BCUT2D eigenvalue weighted by molar-refractivity contribution is 9.10. The molecular formula is C16H25BrN2. The van der Waals surface area contributed by atoms with Crippen molar-refractivity contribution in [1.29, 1.82) is 0 Å². The maximum absolute atomic E-state index is 3.71. The molecule has 2 unspecified atom stereocenters. The molecule has 1 aromatic carbocycles. The van der Waals surface area contributed by atoms with E-state index in [1.165, 1.54) is 42.3 Å². The first kappa shape index (κ1) is 15.0. The third kappa shape index (κ3) is 4.59. The summed E-state index contributed by atoms with van der Waals surface area (Å²) in [6.45, 7) is 5.73. The Morgan fingerprint density at radius 2 is 2.11 bits per heavy atom. The van der Waals surface area contributed by atoms with E-state index in [9.17, 15) is 0 Å². The third-order valence-corrected chi connectivity index (χ3v) is 4.68. The molecule has 2 nitrogen and oxygen atoms in total. The van der Waals surface area contributed by atoms with E-state index in [2.05, 4.69) is 64.7 Å². The molecule has 1 fully saturated rings. The lowest BCUT2D eigenvalue weighted by Crippen LogP contribution is -2.40. The number of benzene rings is 1. The zero-order chi connectivity index (χ0) is 13.7. The Kier molecular flexibility index (Phi) is 5.86. The molecule has 1 heterocycles. The number of rotatable bonds is 5. The Labute approximate surface area is 125 Å². The third-order valence-electron chi connectivity index (χ3n) is 3.96. The minimum atomic E-state index is 0.383. The summed E-state index contributed by atoms with van der Waals surface area (Å²) in [7, 11) is 0. The van der Waals surface area contributed by atoms with E-state index in [0.29, 0.717) is 18.1 Å². The molecule has 0 spiro atoms. The lowest BCUT2D eigenvalue weighted by molar-refractivity contribution is 0.334. The second kappa shape index (κ2) is 7.41. The summed E-state index contributed by atoms with van der Waals surface area (Å²) in [5.41, 5.74) is 1.34. The van der Waals surface area contributed by atoms with Gasteiger partial charge in [0.05, 0.1) is 0 Å². The molecule has 3 heteroatoms. The molecular weight excluding hydrogens is 300 g/mol. The van der Waals surface area contributed by atoms with Crippen molar-refractivity contribution in [2.24, 2.45) is 0 Å². The molecule has 0 bridgehead atoms. The van der Waals surface area contributed by atoms with Crippen LogP contribution in [0.25, 0.3) is 0 Å². The molecule has 0 aromatic heterocycles. The molecule has 1 aliphatic heterocycles. The van der Waals surface area contributed by atoms with Crippen LogP contribution in [0.5, 0.6) is 0 Å². The van der Waals surface area contributed by atoms with E-state index >= 15 is 0 Å². The maximum Gasteiger partial charge on any atom is 0.0305 e. The zero-order valence-electron chi connectivity index (χ0n) is 12.0. The Morgan fingerprint density at radius 1 is 1.32 bits per heavy atom. The average Bonchev–Trinajstić information content (AvgIpc) is 2.40. The second-order valence-corrected chi connectivity index (χ2v) is 6.55. The van der Waals surface area contributed by atoms with Crippen LogP contribution in [0.4, 0.5) is 0 Å². The molecule has 2 N–H and O–H groups in total. The molecule has 106 valence electrons. The fourth-order valence-corrected chi connectivity index (χ4v) is 3.59. The number of hydrogen-bond acceptors (Lipinski definition) is 2. The van der Waals surface area contributed by atoms with E-state index < -0.39 is 0 Å². The highest BCUT2D eigenvalue weighted by atomic mass is 79.9. The smallest absolute Gasteiger partial charge is 0.0305 e. The van der Waals surface area contributed by atoms with Crippen LogP contribution in [0, 0.1) is 0 Å². The van der Waals surface area contributed by atoms with Crippen LogP contribution in [0.2, 0.25) is 0 Å². The summed E-state index contributed by atoms with van der Waals surface area (Å²) < 4.78 is 1.19. The van der Waals surface area contributed by atoms with Gasteiger partial charge < -0.3 is 10.6 Å². The molecule has 1 saturated heterocycles. The summed E-state index contributed by atoms with van der Waals surface area (Å²) >= 11 is 3.63. The molecule has 2 rings (SSSR count). The van der Waals surface area contributed by atoms with E-state index in [1.807, 2.05) is 0 Å². The van der Waals surface area contributed by atoms with Crippen molar-refractivity contribution in [2.75, 3.05) is 6.54 Å². The normalized spacial score (nSPS) is 23.0. The fourth-order valence-electron chi connectivity index (χ4n) is 2.96. The van der Waals surface area contributed by atoms with Gasteiger partial charge in [0.2, 0.25) is 0 Å². The molecule has 0 aliphatic carbocycles. The van der Waals surface area contributed by atoms with Crippen molar-refractivity contribution in [3.05, 3.63) is 34.3 Å². The van der Waals surface area contributed by atoms with Gasteiger partial charge in [-0.3, -0.25) is 0 Å². The lowest BCUT2D eigenvalue weighted by Gasteiger charge is -2.28. The van der Waals surface area contributed by atoms with Crippen molar-refractivity contribution in [3.63, 3.8) is 0 Å². The van der Waals surface area contributed by atoms with Gasteiger partial charge in [-0.2, -0.15) is 0 Å². The highest BCUT2D eigenvalue weighted by Crippen LogP contribution is 2.23. The van der Waals surface area contributed by atoms with Crippen LogP contribution in [0.3, 0.4) is 0 Å². The predicted molar refractivity (Wildman–Crippen MR) is 85.4 cm³/mol. The number of hydrogen-bond donors (Lipinski definition) is 2. The molecule has 1 aromatic rings. The summed E-state index contributed by atoms with van der Waals surface area (Å²) in [6.07, 6.45) is 5.26. The zero-order valence-corrected chi connectivity index (χ0v) is 13.5. The predicted octanol–water partition coefficient (Wildman–Crippen LogP) is 4.02. The largest absolute Gasteiger partial charge is 0.314 e. The van der Waals surface area contributed by atoms with Crippen molar-refractivity contribution in [1.82, 2.24) is 10.6 Å². The topological polar surface area (TPSA) is 24.1 Å². The van der Waals surface area contributed by atoms with Gasteiger partial charge in [0.25, 0.3) is 0 Å². The monoisotopic (exact) mass is 324 g/mol. The quantitative estimate of drug-likeness (QED) is 0.854. The Balaban J connectivity index is 1.84. The average molecular weight is 325 g/mol. The van der Waals surface area contributed by atoms with Crippen LogP contribution < -0.4 is 10.6 Å². The molecule has 0 radical (unpaired) electrons. The van der Waals surface area contributed by atoms with Crippen molar-refractivity contribution < 1.29 is 0 Å². The summed E-state index contributed by atoms with van der Waals surface area (Å²) in [4.78, 5) is 0. The van der Waals surface area contributed by atoms with Gasteiger partial charge in [-0.15, -0.1) is 0 Å².